The number of ketones is 1. The van der Waals surface area contributed by atoms with Crippen LogP contribution in [0.1, 0.15) is 58.1 Å². The zero-order valence-electron chi connectivity index (χ0n) is 30.5. The van der Waals surface area contributed by atoms with Crippen LogP contribution in [0.4, 0.5) is 16.6 Å². The molecule has 1 aliphatic carbocycles. The number of fused-ring (bicyclic) bond motifs is 1. The number of nitrogens with one attached hydrogen (secondary N) is 2. The molecule has 11 heteroatoms. The van der Waals surface area contributed by atoms with Gasteiger partial charge in [-0.25, -0.2) is 9.78 Å². The lowest BCUT2D eigenvalue weighted by molar-refractivity contribution is -0.120. The van der Waals surface area contributed by atoms with Crippen LogP contribution in [0.3, 0.4) is 0 Å². The standard InChI is InChI=1S/C35H39N7O3.C6H9N/c1-5-22(2)31-30(43)16-10-14-25(13-9-15-28(39-31)24-11-7-6-8-12-24)33(44)38-27-18-17-23(3)29(19-27)42-21-26-20-37-34(36)40-32(26)41(4)35(42)45;1-3-4-5-6(2)7/h6-15,17,19-20,22,27,31H,5,16,18,21H2,1-4H3,(H,38,44)(H2,36,37,40);3-5,7H,1H2,2H3/b14-10+,15-9+,25-13+,39-28?;5-4-,7-6?/t22?,27?,31-;/m1./s1. The van der Waals surface area contributed by atoms with Crippen LogP contribution < -0.4 is 16.0 Å². The molecule has 0 saturated heterocycles. The number of nitrogens with zero attached hydrogens (tertiary/aromatic N) is 5. The Morgan fingerprint density at radius 2 is 1.96 bits per heavy atom. The minimum absolute atomic E-state index is 0.00961. The van der Waals surface area contributed by atoms with Gasteiger partial charge in [-0.3, -0.25) is 24.4 Å². The van der Waals surface area contributed by atoms with E-state index in [1.165, 1.54) is 4.90 Å². The Labute approximate surface area is 306 Å². The molecule has 2 unspecified atom stereocenters. The first-order valence-electron chi connectivity index (χ1n) is 17.3. The van der Waals surface area contributed by atoms with Gasteiger partial charge in [-0.2, -0.15) is 4.98 Å². The molecule has 1 aromatic heterocycles. The van der Waals surface area contributed by atoms with E-state index in [1.807, 2.05) is 62.4 Å². The normalized spacial score (nSPS) is 21.8. The highest BCUT2D eigenvalue weighted by atomic mass is 16.2. The molecule has 3 heterocycles. The summed E-state index contributed by atoms with van der Waals surface area (Å²) in [6.45, 7) is 11.5. The summed E-state index contributed by atoms with van der Waals surface area (Å²) < 4.78 is 0. The zero-order chi connectivity index (χ0) is 37.8. The third-order valence-corrected chi connectivity index (χ3v) is 8.82. The Hall–Kier alpha value is -5.97. The maximum absolute atomic E-state index is 13.6. The number of aliphatic imine (C=N–C) groups is 1. The largest absolute Gasteiger partial charge is 0.368 e. The van der Waals surface area contributed by atoms with Crippen LogP contribution in [-0.2, 0) is 16.1 Å². The summed E-state index contributed by atoms with van der Waals surface area (Å²) in [4.78, 5) is 56.6. The van der Waals surface area contributed by atoms with E-state index in [-0.39, 0.29) is 48.6 Å². The highest BCUT2D eigenvalue weighted by molar-refractivity contribution is 6.10. The number of anilines is 2. The predicted molar refractivity (Wildman–Crippen MR) is 209 cm³/mol. The number of hydrogen-bond donors (Lipinski definition) is 3. The van der Waals surface area contributed by atoms with Gasteiger partial charge in [-0.05, 0) is 61.6 Å². The third-order valence-electron chi connectivity index (χ3n) is 8.82. The summed E-state index contributed by atoms with van der Waals surface area (Å²) in [6, 6.07) is 8.65. The molecule has 0 bridgehead atoms. The molecule has 5 rings (SSSR count). The Morgan fingerprint density at radius 1 is 1.21 bits per heavy atom. The molecule has 0 saturated carbocycles. The van der Waals surface area contributed by atoms with Gasteiger partial charge in [0.2, 0.25) is 5.95 Å². The maximum atomic E-state index is 13.6. The van der Waals surface area contributed by atoms with E-state index < -0.39 is 6.04 Å². The second-order valence-corrected chi connectivity index (χ2v) is 12.8. The second-order valence-electron chi connectivity index (χ2n) is 12.8. The van der Waals surface area contributed by atoms with Crippen molar-refractivity contribution in [2.45, 2.75) is 65.6 Å². The lowest BCUT2D eigenvalue weighted by atomic mass is 9.93. The fourth-order valence-corrected chi connectivity index (χ4v) is 5.76. The summed E-state index contributed by atoms with van der Waals surface area (Å²) in [5.74, 6) is 0.387. The number of benzene rings is 1. The lowest BCUT2D eigenvalue weighted by Crippen LogP contribution is -2.46. The number of nitrogens with two attached hydrogens (primary N) is 1. The second kappa shape index (κ2) is 18.3. The fourth-order valence-electron chi connectivity index (χ4n) is 5.76. The first kappa shape index (κ1) is 38.8. The van der Waals surface area contributed by atoms with Crippen molar-refractivity contribution < 1.29 is 14.4 Å². The van der Waals surface area contributed by atoms with Crippen molar-refractivity contribution in [2.75, 3.05) is 17.7 Å². The molecule has 2 aromatic rings. The van der Waals surface area contributed by atoms with Gasteiger partial charge in [0, 0.05) is 42.2 Å². The molecule has 3 amide bonds. The van der Waals surface area contributed by atoms with E-state index in [0.29, 0.717) is 34.9 Å². The molecular weight excluding hydrogens is 653 g/mol. The number of hydrogen-bond acceptors (Lipinski definition) is 8. The van der Waals surface area contributed by atoms with E-state index in [0.717, 1.165) is 23.1 Å². The Bertz CT molecular complexity index is 1900. The number of rotatable bonds is 8. The van der Waals surface area contributed by atoms with Crippen LogP contribution in [0.25, 0.3) is 0 Å². The molecule has 3 atom stereocenters. The Balaban J connectivity index is 0.000000785. The van der Waals surface area contributed by atoms with Crippen LogP contribution in [-0.4, -0.2) is 63.1 Å². The smallest absolute Gasteiger partial charge is 0.330 e. The number of carbonyl (C=O) groups excluding carboxylic acids is 3. The first-order valence-corrected chi connectivity index (χ1v) is 17.3. The zero-order valence-corrected chi connectivity index (χ0v) is 30.5. The summed E-state index contributed by atoms with van der Waals surface area (Å²) in [7, 11) is 1.65. The van der Waals surface area contributed by atoms with Crippen LogP contribution in [0.2, 0.25) is 0 Å². The molecule has 0 spiro atoms. The van der Waals surface area contributed by atoms with Gasteiger partial charge in [0.05, 0.1) is 18.3 Å². The third kappa shape index (κ3) is 10.1. The number of aromatic nitrogens is 2. The van der Waals surface area contributed by atoms with Crippen molar-refractivity contribution in [1.29, 1.82) is 5.41 Å². The van der Waals surface area contributed by atoms with Gasteiger partial charge in [0.1, 0.15) is 11.9 Å². The Morgan fingerprint density at radius 3 is 2.63 bits per heavy atom. The summed E-state index contributed by atoms with van der Waals surface area (Å²) in [6.07, 6.45) is 21.0. The van der Waals surface area contributed by atoms with Crippen molar-refractivity contribution in [3.05, 3.63) is 132 Å². The molecule has 0 radical (unpaired) electrons. The molecule has 4 N–H and O–H groups in total. The number of urea groups is 1. The molecule has 0 fully saturated rings. The van der Waals surface area contributed by atoms with Crippen molar-refractivity contribution in [3.8, 4) is 0 Å². The minimum atomic E-state index is -0.483. The van der Waals surface area contributed by atoms with E-state index in [4.69, 9.17) is 16.1 Å². The lowest BCUT2D eigenvalue weighted by Gasteiger charge is -2.37. The monoisotopic (exact) mass is 700 g/mol. The van der Waals surface area contributed by atoms with E-state index in [9.17, 15) is 14.4 Å². The summed E-state index contributed by atoms with van der Waals surface area (Å²) in [5, 5.41) is 9.96. The molecule has 11 nitrogen and oxygen atoms in total. The molecular formula is C41H48N8O3. The topological polar surface area (TPSA) is 158 Å². The van der Waals surface area contributed by atoms with Gasteiger partial charge in [-0.15, -0.1) is 0 Å². The highest BCUT2D eigenvalue weighted by Gasteiger charge is 2.33. The van der Waals surface area contributed by atoms with Gasteiger partial charge in [0.25, 0.3) is 5.91 Å². The van der Waals surface area contributed by atoms with Crippen LogP contribution >= 0.6 is 0 Å². The van der Waals surface area contributed by atoms with Crippen LogP contribution in [0.15, 0.2) is 126 Å². The number of Topliss-reactive ketones (excluding diaryl/α,β-unsaturated/α-hetero) is 1. The van der Waals surface area contributed by atoms with Crippen LogP contribution in [0.5, 0.6) is 0 Å². The van der Waals surface area contributed by atoms with E-state index in [1.54, 1.807) is 67.6 Å². The fraction of sp³-hybridized carbons (Fsp3) is 0.293. The quantitative estimate of drug-likeness (QED) is 0.202. The number of amides is 3. The first-order chi connectivity index (χ1) is 24.9. The number of allylic oxidation sites excluding steroid dienone is 8. The van der Waals surface area contributed by atoms with Crippen molar-refractivity contribution in [3.63, 3.8) is 0 Å². The van der Waals surface area contributed by atoms with Gasteiger partial charge < -0.3 is 16.5 Å². The van der Waals surface area contributed by atoms with Gasteiger partial charge in [-0.1, -0.05) is 93.6 Å². The van der Waals surface area contributed by atoms with Gasteiger partial charge >= 0.3 is 6.03 Å². The van der Waals surface area contributed by atoms with E-state index in [2.05, 4.69) is 28.8 Å². The van der Waals surface area contributed by atoms with Crippen molar-refractivity contribution in [1.82, 2.24) is 20.2 Å². The summed E-state index contributed by atoms with van der Waals surface area (Å²) in [5.41, 5.74) is 10.7. The van der Waals surface area contributed by atoms with Crippen LogP contribution in [0, 0.1) is 11.3 Å². The van der Waals surface area contributed by atoms with E-state index >= 15 is 0 Å². The van der Waals surface area contributed by atoms with Crippen molar-refractivity contribution in [2.24, 2.45) is 10.9 Å². The molecule has 2 aliphatic heterocycles. The number of carbonyl (C=O) groups is 3. The summed E-state index contributed by atoms with van der Waals surface area (Å²) >= 11 is 0. The highest BCUT2D eigenvalue weighted by Crippen LogP contribution is 2.32. The predicted octanol–water partition coefficient (Wildman–Crippen LogP) is 6.83. The van der Waals surface area contributed by atoms with Gasteiger partial charge in [0.15, 0.2) is 5.78 Å². The molecule has 270 valence electrons. The minimum Gasteiger partial charge on any atom is -0.368 e. The maximum Gasteiger partial charge on any atom is 0.330 e. The molecule has 3 aliphatic rings. The number of nitrogen functional groups attached to an aromatic ring is 1. The Kier molecular flexibility index (Phi) is 13.7. The molecule has 52 heavy (non-hydrogen) atoms. The average Bonchev–Trinajstić information content (AvgIpc) is 3.17. The average molecular weight is 701 g/mol. The SMILES string of the molecule is C=C/C=C\C(C)=N.CCC(C)[C@H]1N=C(c2ccccc2)/C=C/C=C(C(=O)NC2C=C(N3Cc4cnc(N)nc4N(C)C3=O)C(C)=CC2)\C=C\CC1=O. The molecule has 1 aromatic carbocycles. The van der Waals surface area contributed by atoms with Crippen molar-refractivity contribution >= 4 is 40.9 Å².